The Morgan fingerprint density at radius 2 is 1.75 bits per heavy atom. The van der Waals surface area contributed by atoms with Crippen LogP contribution in [0.2, 0.25) is 0 Å². The van der Waals surface area contributed by atoms with E-state index in [4.69, 9.17) is 5.73 Å². The van der Waals surface area contributed by atoms with Gasteiger partial charge in [0.15, 0.2) is 0 Å². The van der Waals surface area contributed by atoms with Crippen molar-refractivity contribution >= 4 is 0 Å². The number of hydrogen-bond acceptors (Lipinski definition) is 2. The zero-order valence-corrected chi connectivity index (χ0v) is 13.5. The van der Waals surface area contributed by atoms with Gasteiger partial charge in [0.25, 0.3) is 0 Å². The molecule has 0 bridgehead atoms. The normalized spacial score (nSPS) is 25.9. The van der Waals surface area contributed by atoms with Crippen LogP contribution < -0.4 is 5.73 Å². The van der Waals surface area contributed by atoms with E-state index in [9.17, 15) is 0 Å². The van der Waals surface area contributed by atoms with Gasteiger partial charge in [-0.3, -0.25) is 4.90 Å². The number of rotatable bonds is 4. The van der Waals surface area contributed by atoms with Crippen LogP contribution in [0.4, 0.5) is 0 Å². The highest BCUT2D eigenvalue weighted by Gasteiger charge is 2.28. The Hall–Kier alpha value is -0.860. The highest BCUT2D eigenvalue weighted by atomic mass is 15.2. The maximum atomic E-state index is 6.09. The van der Waals surface area contributed by atoms with Crippen LogP contribution in [0.25, 0.3) is 0 Å². The van der Waals surface area contributed by atoms with Crippen molar-refractivity contribution in [1.29, 1.82) is 0 Å². The van der Waals surface area contributed by atoms with Gasteiger partial charge in [-0.15, -0.1) is 0 Å². The highest BCUT2D eigenvalue weighted by molar-refractivity contribution is 5.27. The molecular formula is C18H30N2. The van der Waals surface area contributed by atoms with Crippen molar-refractivity contribution in [3.05, 3.63) is 35.4 Å². The van der Waals surface area contributed by atoms with Crippen molar-refractivity contribution in [3.8, 4) is 0 Å². The summed E-state index contributed by atoms with van der Waals surface area (Å²) in [6.45, 7) is 11.1. The van der Waals surface area contributed by atoms with E-state index in [0.29, 0.717) is 24.5 Å². The molecule has 1 aliphatic rings. The van der Waals surface area contributed by atoms with Gasteiger partial charge >= 0.3 is 0 Å². The highest BCUT2D eigenvalue weighted by Crippen LogP contribution is 2.30. The third kappa shape index (κ3) is 3.42. The van der Waals surface area contributed by atoms with E-state index in [1.54, 1.807) is 0 Å². The number of benzene rings is 1. The molecule has 2 nitrogen and oxygen atoms in total. The molecule has 112 valence electrons. The molecule has 3 atom stereocenters. The maximum Gasteiger partial charge on any atom is 0.0473 e. The van der Waals surface area contributed by atoms with Gasteiger partial charge in [0.05, 0.1) is 0 Å². The van der Waals surface area contributed by atoms with Gasteiger partial charge in [-0.05, 0) is 49.3 Å². The molecule has 0 aromatic heterocycles. The van der Waals surface area contributed by atoms with Crippen molar-refractivity contribution in [1.82, 2.24) is 4.90 Å². The molecule has 0 saturated carbocycles. The summed E-state index contributed by atoms with van der Waals surface area (Å²) in [6, 6.07) is 10.1. The van der Waals surface area contributed by atoms with E-state index < -0.39 is 0 Å². The number of nitrogens with two attached hydrogens (primary N) is 1. The SMILES string of the molecule is CC1CCN(C(CN)c2ccc(C(C)C)cc2)C(C)C1. The monoisotopic (exact) mass is 274 g/mol. The first-order valence-electron chi connectivity index (χ1n) is 8.08. The van der Waals surface area contributed by atoms with Gasteiger partial charge < -0.3 is 5.73 Å². The van der Waals surface area contributed by atoms with Crippen LogP contribution in [-0.2, 0) is 0 Å². The summed E-state index contributed by atoms with van der Waals surface area (Å²) in [5.74, 6) is 1.44. The Bertz CT molecular complexity index is 410. The average Bonchev–Trinajstić information content (AvgIpc) is 2.42. The lowest BCUT2D eigenvalue weighted by atomic mass is 9.90. The molecular weight excluding hydrogens is 244 g/mol. The quantitative estimate of drug-likeness (QED) is 0.901. The van der Waals surface area contributed by atoms with E-state index >= 15 is 0 Å². The molecule has 0 spiro atoms. The predicted molar refractivity (Wildman–Crippen MR) is 86.9 cm³/mol. The first kappa shape index (κ1) is 15.5. The minimum atomic E-state index is 0.374. The Morgan fingerprint density at radius 3 is 2.25 bits per heavy atom. The van der Waals surface area contributed by atoms with Gasteiger partial charge in [-0.1, -0.05) is 45.0 Å². The lowest BCUT2D eigenvalue weighted by Gasteiger charge is -2.41. The van der Waals surface area contributed by atoms with Crippen molar-refractivity contribution in [2.45, 2.75) is 58.5 Å². The number of likely N-dealkylation sites (tertiary alicyclic amines) is 1. The summed E-state index contributed by atoms with van der Waals surface area (Å²) in [5, 5.41) is 0. The fourth-order valence-corrected chi connectivity index (χ4v) is 3.45. The van der Waals surface area contributed by atoms with Crippen LogP contribution in [0, 0.1) is 5.92 Å². The molecule has 20 heavy (non-hydrogen) atoms. The summed E-state index contributed by atoms with van der Waals surface area (Å²) in [6.07, 6.45) is 2.59. The summed E-state index contributed by atoms with van der Waals surface area (Å²) >= 11 is 0. The molecule has 1 heterocycles. The summed E-state index contributed by atoms with van der Waals surface area (Å²) < 4.78 is 0. The van der Waals surface area contributed by atoms with Crippen LogP contribution >= 0.6 is 0 Å². The molecule has 2 heteroatoms. The van der Waals surface area contributed by atoms with Crippen molar-refractivity contribution < 1.29 is 0 Å². The molecule has 0 amide bonds. The average molecular weight is 274 g/mol. The fourth-order valence-electron chi connectivity index (χ4n) is 3.45. The number of hydrogen-bond donors (Lipinski definition) is 1. The third-order valence-electron chi connectivity index (χ3n) is 4.80. The second-order valence-corrected chi connectivity index (χ2v) is 6.79. The summed E-state index contributed by atoms with van der Waals surface area (Å²) in [5.41, 5.74) is 8.87. The van der Waals surface area contributed by atoms with Crippen LogP contribution in [0.5, 0.6) is 0 Å². The second-order valence-electron chi connectivity index (χ2n) is 6.79. The van der Waals surface area contributed by atoms with Gasteiger partial charge in [0.2, 0.25) is 0 Å². The zero-order chi connectivity index (χ0) is 14.7. The van der Waals surface area contributed by atoms with Crippen molar-refractivity contribution in [2.75, 3.05) is 13.1 Å². The topological polar surface area (TPSA) is 29.3 Å². The van der Waals surface area contributed by atoms with E-state index in [1.165, 1.54) is 30.5 Å². The Morgan fingerprint density at radius 1 is 1.15 bits per heavy atom. The standard InChI is InChI=1S/C18H30N2/c1-13(2)16-5-7-17(8-6-16)18(12-19)20-10-9-14(3)11-15(20)4/h5-8,13-15,18H,9-12,19H2,1-4H3. The van der Waals surface area contributed by atoms with Gasteiger partial charge in [-0.25, -0.2) is 0 Å². The Kier molecular flexibility index (Phi) is 5.22. The molecule has 0 aliphatic carbocycles. The number of piperidine rings is 1. The molecule has 2 N–H and O–H groups in total. The molecule has 3 unspecified atom stereocenters. The summed E-state index contributed by atoms with van der Waals surface area (Å²) in [4.78, 5) is 2.60. The molecule has 1 aromatic rings. The van der Waals surface area contributed by atoms with Crippen LogP contribution in [0.1, 0.15) is 63.6 Å². The largest absolute Gasteiger partial charge is 0.329 e. The van der Waals surface area contributed by atoms with Gasteiger partial charge in [0, 0.05) is 18.6 Å². The molecule has 1 aromatic carbocycles. The fraction of sp³-hybridized carbons (Fsp3) is 0.667. The van der Waals surface area contributed by atoms with Gasteiger partial charge in [-0.2, -0.15) is 0 Å². The van der Waals surface area contributed by atoms with E-state index in [-0.39, 0.29) is 0 Å². The third-order valence-corrected chi connectivity index (χ3v) is 4.80. The first-order valence-corrected chi connectivity index (χ1v) is 8.08. The lowest BCUT2D eigenvalue weighted by molar-refractivity contribution is 0.0847. The first-order chi connectivity index (χ1) is 9.52. The van der Waals surface area contributed by atoms with Crippen molar-refractivity contribution in [3.63, 3.8) is 0 Å². The molecule has 1 fully saturated rings. The zero-order valence-electron chi connectivity index (χ0n) is 13.5. The second kappa shape index (κ2) is 6.73. The van der Waals surface area contributed by atoms with Gasteiger partial charge in [0.1, 0.15) is 0 Å². The molecule has 1 saturated heterocycles. The van der Waals surface area contributed by atoms with E-state index in [2.05, 4.69) is 56.9 Å². The molecule has 0 radical (unpaired) electrons. The minimum absolute atomic E-state index is 0.374. The maximum absolute atomic E-state index is 6.09. The minimum Gasteiger partial charge on any atom is -0.329 e. The van der Waals surface area contributed by atoms with Crippen LogP contribution in [-0.4, -0.2) is 24.0 Å². The van der Waals surface area contributed by atoms with Crippen LogP contribution in [0.15, 0.2) is 24.3 Å². The lowest BCUT2D eigenvalue weighted by Crippen LogP contribution is -2.44. The van der Waals surface area contributed by atoms with Crippen molar-refractivity contribution in [2.24, 2.45) is 11.7 Å². The van der Waals surface area contributed by atoms with Crippen LogP contribution in [0.3, 0.4) is 0 Å². The van der Waals surface area contributed by atoms with E-state index in [1.807, 2.05) is 0 Å². The smallest absolute Gasteiger partial charge is 0.0473 e. The predicted octanol–water partition coefficient (Wildman–Crippen LogP) is 3.93. The molecule has 2 rings (SSSR count). The van der Waals surface area contributed by atoms with E-state index in [0.717, 1.165) is 5.92 Å². The summed E-state index contributed by atoms with van der Waals surface area (Å²) in [7, 11) is 0. The Labute approximate surface area is 124 Å². The molecule has 1 aliphatic heterocycles. The number of nitrogens with zero attached hydrogens (tertiary/aromatic N) is 1. The Balaban J connectivity index is 2.15.